The lowest BCUT2D eigenvalue weighted by atomic mass is 10.0. The summed E-state index contributed by atoms with van der Waals surface area (Å²) in [6.07, 6.45) is 69.5. The number of carbonyl (C=O) groups is 4. The molecule has 624 valence electrons. The van der Waals surface area contributed by atoms with E-state index in [9.17, 15) is 43.2 Å². The van der Waals surface area contributed by atoms with E-state index in [2.05, 4.69) is 41.5 Å². The lowest BCUT2D eigenvalue weighted by Crippen LogP contribution is -2.30. The van der Waals surface area contributed by atoms with Crippen molar-refractivity contribution in [2.24, 2.45) is 11.8 Å². The van der Waals surface area contributed by atoms with Gasteiger partial charge in [0.1, 0.15) is 19.3 Å². The molecule has 0 saturated heterocycles. The molecule has 0 radical (unpaired) electrons. The van der Waals surface area contributed by atoms with Gasteiger partial charge in [-0.1, -0.05) is 408 Å². The molecule has 0 aromatic rings. The minimum Gasteiger partial charge on any atom is -0.462 e. The van der Waals surface area contributed by atoms with Crippen LogP contribution in [0.1, 0.15) is 459 Å². The number of rotatable bonds is 85. The monoisotopic (exact) mass is 1540 g/mol. The van der Waals surface area contributed by atoms with Crippen molar-refractivity contribution in [3.05, 3.63) is 0 Å². The highest BCUT2D eigenvalue weighted by atomic mass is 31.2. The van der Waals surface area contributed by atoms with Gasteiger partial charge in [0, 0.05) is 25.7 Å². The minimum absolute atomic E-state index is 0.106. The number of esters is 4. The van der Waals surface area contributed by atoms with Crippen molar-refractivity contribution in [1.29, 1.82) is 0 Å². The van der Waals surface area contributed by atoms with Gasteiger partial charge in [0.25, 0.3) is 0 Å². The molecule has 0 aromatic heterocycles. The third-order valence-electron chi connectivity index (χ3n) is 20.2. The summed E-state index contributed by atoms with van der Waals surface area (Å²) < 4.78 is 68.9. The highest BCUT2D eigenvalue weighted by Gasteiger charge is 2.30. The van der Waals surface area contributed by atoms with Crippen LogP contribution >= 0.6 is 15.6 Å². The molecule has 3 N–H and O–H groups in total. The Morgan fingerprint density at radius 3 is 0.648 bits per heavy atom. The zero-order valence-electron chi connectivity index (χ0n) is 69.0. The molecule has 105 heavy (non-hydrogen) atoms. The smallest absolute Gasteiger partial charge is 0.462 e. The van der Waals surface area contributed by atoms with E-state index in [-0.39, 0.29) is 25.7 Å². The third-order valence-corrected chi connectivity index (χ3v) is 22.1. The molecule has 0 rings (SSSR count). The maximum absolute atomic E-state index is 13.1. The van der Waals surface area contributed by atoms with Gasteiger partial charge in [-0.05, 0) is 37.5 Å². The fourth-order valence-electron chi connectivity index (χ4n) is 13.4. The van der Waals surface area contributed by atoms with E-state index in [4.69, 9.17) is 37.0 Å². The van der Waals surface area contributed by atoms with Gasteiger partial charge in [-0.3, -0.25) is 37.3 Å². The summed E-state index contributed by atoms with van der Waals surface area (Å²) in [5, 5.41) is 10.7. The first-order valence-corrected chi connectivity index (χ1v) is 47.5. The molecule has 17 nitrogen and oxygen atoms in total. The third kappa shape index (κ3) is 79.9. The molecule has 0 spiro atoms. The average Bonchev–Trinajstić information content (AvgIpc) is 0.911. The van der Waals surface area contributed by atoms with Crippen LogP contribution in [0.4, 0.5) is 0 Å². The number of ether oxygens (including phenoxy) is 4. The van der Waals surface area contributed by atoms with E-state index in [1.165, 1.54) is 276 Å². The second-order valence-corrected chi connectivity index (χ2v) is 34.8. The van der Waals surface area contributed by atoms with E-state index in [1.54, 1.807) is 0 Å². The van der Waals surface area contributed by atoms with Crippen LogP contribution in [-0.2, 0) is 65.4 Å². The number of carbonyl (C=O) groups excluding carboxylic acids is 4. The first kappa shape index (κ1) is 103. The summed E-state index contributed by atoms with van der Waals surface area (Å²) in [5.41, 5.74) is 0. The molecule has 0 aromatic carbocycles. The molecule has 5 atom stereocenters. The van der Waals surface area contributed by atoms with Gasteiger partial charge in [-0.25, -0.2) is 9.13 Å². The number of aliphatic hydroxyl groups excluding tert-OH is 1. The van der Waals surface area contributed by atoms with Gasteiger partial charge < -0.3 is 33.8 Å². The Morgan fingerprint density at radius 1 is 0.257 bits per heavy atom. The van der Waals surface area contributed by atoms with Gasteiger partial charge in [-0.15, -0.1) is 0 Å². The summed E-state index contributed by atoms with van der Waals surface area (Å²) in [5.74, 6) is -0.593. The average molecular weight is 1540 g/mol. The second-order valence-electron chi connectivity index (χ2n) is 31.9. The number of aliphatic hydroxyl groups is 1. The molecule has 19 heteroatoms. The van der Waals surface area contributed by atoms with Crippen LogP contribution in [0.25, 0.3) is 0 Å². The van der Waals surface area contributed by atoms with Crippen LogP contribution in [0.5, 0.6) is 0 Å². The summed E-state index contributed by atoms with van der Waals surface area (Å²) in [6, 6.07) is 0. The van der Waals surface area contributed by atoms with Crippen molar-refractivity contribution in [2.45, 2.75) is 477 Å². The highest BCUT2D eigenvalue weighted by Crippen LogP contribution is 2.45. The Hall–Kier alpha value is -1.94. The van der Waals surface area contributed by atoms with E-state index in [0.717, 1.165) is 102 Å². The number of hydrogen-bond donors (Lipinski definition) is 3. The maximum Gasteiger partial charge on any atom is 0.472 e. The van der Waals surface area contributed by atoms with Crippen molar-refractivity contribution >= 4 is 39.5 Å². The molecule has 0 fully saturated rings. The molecule has 0 heterocycles. The molecule has 2 unspecified atom stereocenters. The van der Waals surface area contributed by atoms with E-state index in [1.807, 2.05) is 0 Å². The van der Waals surface area contributed by atoms with Gasteiger partial charge in [-0.2, -0.15) is 0 Å². The lowest BCUT2D eigenvalue weighted by molar-refractivity contribution is -0.161. The van der Waals surface area contributed by atoms with Crippen LogP contribution in [0.3, 0.4) is 0 Å². The number of phosphoric ester groups is 2. The predicted octanol–water partition coefficient (Wildman–Crippen LogP) is 26.2. The Morgan fingerprint density at radius 2 is 0.438 bits per heavy atom. The van der Waals surface area contributed by atoms with Crippen LogP contribution in [0, 0.1) is 11.8 Å². The Labute approximate surface area is 645 Å². The molecule has 0 amide bonds. The predicted molar refractivity (Wildman–Crippen MR) is 432 cm³/mol. The Kier molecular flexibility index (Phi) is 76.0. The zero-order chi connectivity index (χ0) is 77.1. The number of unbranched alkanes of at least 4 members (excludes halogenated alkanes) is 55. The molecular formula is C86H168O17P2. The first-order valence-electron chi connectivity index (χ1n) is 44.5. The van der Waals surface area contributed by atoms with E-state index in [0.29, 0.717) is 25.7 Å². The lowest BCUT2D eigenvalue weighted by Gasteiger charge is -2.21. The topological polar surface area (TPSA) is 237 Å². The summed E-state index contributed by atoms with van der Waals surface area (Å²) in [4.78, 5) is 73.2. The van der Waals surface area contributed by atoms with Crippen LogP contribution in [0.2, 0.25) is 0 Å². The standard InChI is InChI=1S/C86H168O17P2/c1-7-9-11-13-15-17-19-21-23-25-26-27-28-29-31-33-35-37-46-52-58-64-70-85(90)102-81(74-96-83(88)68-62-56-50-44-36-34-32-30-24-22-20-18-16-14-12-10-8-2)76-100-104(92,93)98-72-80(87)73-99-105(94,95)101-77-82(103-86(91)71-65-59-53-47-41-39-43-49-55-61-67-79(5)6)75-97-84(89)69-63-57-51-45-40-38-42-48-54-60-66-78(3)4/h78-82,87H,7-77H2,1-6H3,(H,92,93)(H,94,95)/t80-,81-,82-/m1/s1. The van der Waals surface area contributed by atoms with Crippen molar-refractivity contribution in [3.8, 4) is 0 Å². The fourth-order valence-corrected chi connectivity index (χ4v) is 15.0. The van der Waals surface area contributed by atoms with Crippen molar-refractivity contribution in [1.82, 2.24) is 0 Å². The number of hydrogen-bond acceptors (Lipinski definition) is 15. The molecule has 0 aliphatic carbocycles. The first-order chi connectivity index (χ1) is 50.9. The van der Waals surface area contributed by atoms with Gasteiger partial charge >= 0.3 is 39.5 Å². The maximum atomic E-state index is 13.1. The van der Waals surface area contributed by atoms with Crippen LogP contribution in [0.15, 0.2) is 0 Å². The van der Waals surface area contributed by atoms with Gasteiger partial charge in [0.2, 0.25) is 0 Å². The zero-order valence-corrected chi connectivity index (χ0v) is 70.8. The second kappa shape index (κ2) is 77.4. The molecule has 0 aliphatic rings. The van der Waals surface area contributed by atoms with Gasteiger partial charge in [0.15, 0.2) is 12.2 Å². The quantitative estimate of drug-likeness (QED) is 0.0222. The van der Waals surface area contributed by atoms with Crippen LogP contribution in [-0.4, -0.2) is 96.7 Å². The Balaban J connectivity index is 5.23. The normalized spacial score (nSPS) is 13.8. The summed E-state index contributed by atoms with van der Waals surface area (Å²) in [6.45, 7) is 9.65. The minimum atomic E-state index is -4.97. The van der Waals surface area contributed by atoms with Crippen LogP contribution < -0.4 is 0 Å². The van der Waals surface area contributed by atoms with E-state index >= 15 is 0 Å². The SMILES string of the molecule is CCCCCCCCCCCCCCCCCCCCCCCCC(=O)O[C@H](COC(=O)CCCCCCCCCCCCCCCCCCC)COP(=O)(O)OC[C@@H](O)COP(=O)(O)OC[C@@H](COC(=O)CCCCCCCCCCCCC(C)C)OC(=O)CCCCCCCCCCCCC(C)C. The van der Waals surface area contributed by atoms with Crippen molar-refractivity contribution in [3.63, 3.8) is 0 Å². The highest BCUT2D eigenvalue weighted by molar-refractivity contribution is 7.47. The van der Waals surface area contributed by atoms with Crippen molar-refractivity contribution < 1.29 is 80.2 Å². The molecular weight excluding hydrogens is 1370 g/mol. The molecule has 0 aliphatic heterocycles. The molecule has 0 saturated carbocycles. The summed E-state index contributed by atoms with van der Waals surface area (Å²) in [7, 11) is -9.93. The largest absolute Gasteiger partial charge is 0.472 e. The fraction of sp³-hybridized carbons (Fsp3) is 0.953. The van der Waals surface area contributed by atoms with Gasteiger partial charge in [0.05, 0.1) is 26.4 Å². The number of phosphoric acid groups is 2. The molecule has 0 bridgehead atoms. The van der Waals surface area contributed by atoms with E-state index < -0.39 is 97.5 Å². The Bertz CT molecular complexity index is 2010. The summed E-state index contributed by atoms with van der Waals surface area (Å²) >= 11 is 0. The van der Waals surface area contributed by atoms with Crippen molar-refractivity contribution in [2.75, 3.05) is 39.6 Å².